The summed E-state index contributed by atoms with van der Waals surface area (Å²) >= 11 is 5.86. The van der Waals surface area contributed by atoms with Gasteiger partial charge in [0.1, 0.15) is 0 Å². The topological polar surface area (TPSA) is 74.6 Å². The molecule has 2 amide bonds. The maximum atomic E-state index is 12.7. The van der Waals surface area contributed by atoms with Gasteiger partial charge in [0, 0.05) is 10.4 Å². The van der Waals surface area contributed by atoms with Gasteiger partial charge in [-0.1, -0.05) is 49.2 Å². The van der Waals surface area contributed by atoms with Crippen molar-refractivity contribution in [1.82, 2.24) is 0 Å². The predicted octanol–water partition coefficient (Wildman–Crippen LogP) is 3.35. The maximum absolute atomic E-state index is 12.7. The molecule has 1 heterocycles. The summed E-state index contributed by atoms with van der Waals surface area (Å²) in [6.45, 7) is 4.99. The Kier molecular flexibility index (Phi) is 6.05. The molecule has 0 aliphatic carbocycles. The van der Waals surface area contributed by atoms with Gasteiger partial charge in [0.25, 0.3) is 0 Å². The van der Waals surface area contributed by atoms with Gasteiger partial charge in [0.05, 0.1) is 18.9 Å². The number of carbonyl (C=O) groups is 2. The zero-order valence-corrected chi connectivity index (χ0v) is 15.8. The fourth-order valence-corrected chi connectivity index (χ4v) is 3.67. The van der Waals surface area contributed by atoms with E-state index < -0.39 is 40.4 Å². The minimum Gasteiger partial charge on any atom is -0.390 e. The number of nitrogens with zero attached hydrogens (tertiary/aromatic N) is 1. The minimum atomic E-state index is -1.27. The lowest BCUT2D eigenvalue weighted by Gasteiger charge is -2.36. The highest BCUT2D eigenvalue weighted by atomic mass is 35.5. The SMILES string of the molecule is CC(C)(C)C(CO)[N+]1(O)C(=O)CC(CCCc2ccc(Cl)cc2)C1=O. The number of hydroxylamine groups is 3. The van der Waals surface area contributed by atoms with Gasteiger partial charge in [-0.3, -0.25) is 0 Å². The average molecular weight is 369 g/mol. The van der Waals surface area contributed by atoms with Crippen LogP contribution in [0.15, 0.2) is 24.3 Å². The summed E-state index contributed by atoms with van der Waals surface area (Å²) < 4.78 is -1.27. The molecule has 5 nitrogen and oxygen atoms in total. The molecule has 0 aromatic heterocycles. The van der Waals surface area contributed by atoms with E-state index in [1.54, 1.807) is 20.8 Å². The normalized spacial score (nSPS) is 25.4. The standard InChI is InChI=1S/C19H27ClNO4/c1-19(2,3)16(12-22)21(25)17(23)11-14(18(21)24)6-4-5-13-7-9-15(20)10-8-13/h7-10,14,16,22,25H,4-6,11-12H2,1-3H3/q+1. The molecule has 0 radical (unpaired) electrons. The number of aliphatic hydroxyl groups is 1. The minimum absolute atomic E-state index is 0.0303. The molecular weight excluding hydrogens is 342 g/mol. The molecule has 1 aromatic rings. The third-order valence-electron chi connectivity index (χ3n) is 5.04. The Morgan fingerprint density at radius 3 is 2.36 bits per heavy atom. The lowest BCUT2D eigenvalue weighted by Crippen LogP contribution is -2.63. The lowest BCUT2D eigenvalue weighted by molar-refractivity contribution is -0.997. The van der Waals surface area contributed by atoms with E-state index >= 15 is 0 Å². The van der Waals surface area contributed by atoms with Crippen molar-refractivity contribution in [2.75, 3.05) is 6.61 Å². The van der Waals surface area contributed by atoms with E-state index in [-0.39, 0.29) is 6.42 Å². The Morgan fingerprint density at radius 2 is 1.84 bits per heavy atom. The van der Waals surface area contributed by atoms with Crippen molar-refractivity contribution in [2.24, 2.45) is 11.3 Å². The van der Waals surface area contributed by atoms with Crippen molar-refractivity contribution in [3.63, 3.8) is 0 Å². The summed E-state index contributed by atoms with van der Waals surface area (Å²) in [6, 6.07) is 6.68. The molecule has 2 N–H and O–H groups in total. The number of aliphatic hydroxyl groups excluding tert-OH is 1. The summed E-state index contributed by atoms with van der Waals surface area (Å²) in [5.41, 5.74) is 0.543. The molecule has 0 spiro atoms. The number of halogens is 1. The highest BCUT2D eigenvalue weighted by Gasteiger charge is 2.62. The second-order valence-electron chi connectivity index (χ2n) is 7.90. The van der Waals surface area contributed by atoms with E-state index in [1.807, 2.05) is 24.3 Å². The first-order valence-corrected chi connectivity index (χ1v) is 9.03. The van der Waals surface area contributed by atoms with Crippen molar-refractivity contribution >= 4 is 23.4 Å². The van der Waals surface area contributed by atoms with E-state index in [4.69, 9.17) is 11.6 Å². The van der Waals surface area contributed by atoms with Crippen molar-refractivity contribution < 1.29 is 24.5 Å². The summed E-state index contributed by atoms with van der Waals surface area (Å²) in [7, 11) is 0. The van der Waals surface area contributed by atoms with Crippen LogP contribution in [0.4, 0.5) is 0 Å². The molecule has 0 saturated carbocycles. The molecule has 138 valence electrons. The summed E-state index contributed by atoms with van der Waals surface area (Å²) in [6.07, 6.45) is 2.09. The van der Waals surface area contributed by atoms with Crippen LogP contribution in [0.3, 0.4) is 0 Å². The van der Waals surface area contributed by atoms with Crippen molar-refractivity contribution in [2.45, 2.75) is 52.5 Å². The van der Waals surface area contributed by atoms with Gasteiger partial charge < -0.3 is 5.11 Å². The fraction of sp³-hybridized carbons (Fsp3) is 0.579. The Balaban J connectivity index is 2.03. The quantitative estimate of drug-likeness (QED) is 0.458. The van der Waals surface area contributed by atoms with Crippen molar-refractivity contribution in [1.29, 1.82) is 0 Å². The Labute approximate surface area is 153 Å². The third-order valence-corrected chi connectivity index (χ3v) is 5.29. The molecule has 1 aliphatic heterocycles. The summed E-state index contributed by atoms with van der Waals surface area (Å²) in [5.74, 6) is -1.51. The van der Waals surface area contributed by atoms with Crippen molar-refractivity contribution in [3.8, 4) is 0 Å². The van der Waals surface area contributed by atoms with E-state index in [0.717, 1.165) is 18.4 Å². The van der Waals surface area contributed by atoms with E-state index in [9.17, 15) is 19.9 Å². The predicted molar refractivity (Wildman–Crippen MR) is 94.9 cm³/mol. The maximum Gasteiger partial charge on any atom is 0.357 e. The van der Waals surface area contributed by atoms with Gasteiger partial charge >= 0.3 is 11.8 Å². The molecule has 6 heteroatoms. The molecule has 3 atom stereocenters. The lowest BCUT2D eigenvalue weighted by atomic mass is 9.85. The van der Waals surface area contributed by atoms with E-state index in [0.29, 0.717) is 11.4 Å². The number of amides is 2. The monoisotopic (exact) mass is 368 g/mol. The van der Waals surface area contributed by atoms with Crippen LogP contribution in [0.2, 0.25) is 5.02 Å². The number of hydrogen-bond acceptors (Lipinski definition) is 4. The van der Waals surface area contributed by atoms with Gasteiger partial charge in [0.2, 0.25) is 0 Å². The second kappa shape index (κ2) is 7.54. The zero-order valence-electron chi connectivity index (χ0n) is 15.0. The summed E-state index contributed by atoms with van der Waals surface area (Å²) in [4.78, 5) is 25.2. The van der Waals surface area contributed by atoms with Crippen LogP contribution in [0, 0.1) is 11.3 Å². The van der Waals surface area contributed by atoms with Gasteiger partial charge in [-0.25, -0.2) is 14.8 Å². The Morgan fingerprint density at radius 1 is 1.24 bits per heavy atom. The summed E-state index contributed by atoms with van der Waals surface area (Å²) in [5, 5.41) is 21.2. The molecule has 1 aliphatic rings. The number of rotatable bonds is 6. The van der Waals surface area contributed by atoms with Crippen molar-refractivity contribution in [3.05, 3.63) is 34.9 Å². The molecule has 25 heavy (non-hydrogen) atoms. The van der Waals surface area contributed by atoms with Gasteiger partial charge in [0.15, 0.2) is 6.04 Å². The number of likely N-dealkylation sites (tertiary alicyclic amines) is 1. The van der Waals surface area contributed by atoms with Gasteiger partial charge in [-0.05, 0) is 37.0 Å². The van der Waals surface area contributed by atoms with Crippen LogP contribution >= 0.6 is 11.6 Å². The number of aryl methyl sites for hydroxylation is 1. The Hall–Kier alpha value is -1.27. The number of quaternary nitrogens is 1. The molecule has 2 rings (SSSR count). The third kappa shape index (κ3) is 4.11. The number of imide groups is 1. The van der Waals surface area contributed by atoms with Crippen LogP contribution in [-0.4, -0.2) is 39.4 Å². The largest absolute Gasteiger partial charge is 0.390 e. The first-order valence-electron chi connectivity index (χ1n) is 8.65. The van der Waals surface area contributed by atoms with Gasteiger partial charge in [-0.15, -0.1) is 0 Å². The molecule has 1 saturated heterocycles. The molecular formula is C19H27ClNO4+. The van der Waals surface area contributed by atoms with Crippen LogP contribution in [0.25, 0.3) is 0 Å². The first kappa shape index (κ1) is 20.0. The van der Waals surface area contributed by atoms with Crippen LogP contribution in [0.5, 0.6) is 0 Å². The number of benzene rings is 1. The van der Waals surface area contributed by atoms with Gasteiger partial charge in [-0.2, -0.15) is 0 Å². The molecule has 1 fully saturated rings. The highest BCUT2D eigenvalue weighted by Crippen LogP contribution is 2.37. The number of carbonyl (C=O) groups excluding carboxylic acids is 2. The highest BCUT2D eigenvalue weighted by molar-refractivity contribution is 6.30. The second-order valence-corrected chi connectivity index (χ2v) is 8.34. The van der Waals surface area contributed by atoms with E-state index in [1.165, 1.54) is 0 Å². The smallest absolute Gasteiger partial charge is 0.357 e. The Bertz CT molecular complexity index is 638. The average Bonchev–Trinajstić information content (AvgIpc) is 2.73. The zero-order chi connectivity index (χ0) is 18.8. The molecule has 0 bridgehead atoms. The van der Waals surface area contributed by atoms with E-state index in [2.05, 4.69) is 0 Å². The molecule has 3 unspecified atom stereocenters. The fourth-order valence-electron chi connectivity index (χ4n) is 3.55. The van der Waals surface area contributed by atoms with Crippen LogP contribution in [-0.2, 0) is 16.0 Å². The van der Waals surface area contributed by atoms with Crippen LogP contribution < -0.4 is 0 Å². The first-order chi connectivity index (χ1) is 11.6. The van der Waals surface area contributed by atoms with Crippen LogP contribution in [0.1, 0.15) is 45.6 Å². The number of hydrogen-bond donors (Lipinski definition) is 2. The molecule has 1 aromatic carbocycles.